The van der Waals surface area contributed by atoms with Crippen LogP contribution >= 0.6 is 0 Å². The summed E-state index contributed by atoms with van der Waals surface area (Å²) in [7, 11) is 3.23. The van der Waals surface area contributed by atoms with Crippen molar-refractivity contribution in [1.29, 1.82) is 5.26 Å². The lowest BCUT2D eigenvalue weighted by Crippen LogP contribution is -2.32. The summed E-state index contributed by atoms with van der Waals surface area (Å²) in [6.07, 6.45) is 0.508. The van der Waals surface area contributed by atoms with E-state index in [2.05, 4.69) is 0 Å². The molecule has 0 spiro atoms. The van der Waals surface area contributed by atoms with Gasteiger partial charge in [0.15, 0.2) is 0 Å². The van der Waals surface area contributed by atoms with Crippen molar-refractivity contribution in [2.24, 2.45) is 5.92 Å². The SMILES string of the molecule is CCC(C#N)C(=O)N(C)c1cc(C)ccc1OC. The summed E-state index contributed by atoms with van der Waals surface area (Å²) in [5.74, 6) is -0.187. The van der Waals surface area contributed by atoms with Crippen molar-refractivity contribution in [2.45, 2.75) is 20.3 Å². The molecule has 0 saturated carbocycles. The molecule has 0 heterocycles. The number of nitrogens with zero attached hydrogens (tertiary/aromatic N) is 2. The monoisotopic (exact) mass is 246 g/mol. The molecule has 0 fully saturated rings. The Balaban J connectivity index is 3.10. The number of hydrogen-bond donors (Lipinski definition) is 0. The predicted octanol–water partition coefficient (Wildman–Crippen LogP) is 2.52. The maximum Gasteiger partial charge on any atom is 0.244 e. The highest BCUT2D eigenvalue weighted by atomic mass is 16.5. The Bertz CT molecular complexity index is 477. The zero-order valence-electron chi connectivity index (χ0n) is 11.2. The van der Waals surface area contributed by atoms with Crippen LogP contribution in [-0.4, -0.2) is 20.1 Å². The molecule has 0 bridgehead atoms. The summed E-state index contributed by atoms with van der Waals surface area (Å²) in [5, 5.41) is 8.94. The molecule has 0 aromatic heterocycles. The zero-order chi connectivity index (χ0) is 13.7. The second-order valence-corrected chi connectivity index (χ2v) is 4.16. The maximum atomic E-state index is 12.1. The fraction of sp³-hybridized carbons (Fsp3) is 0.429. The van der Waals surface area contributed by atoms with E-state index in [9.17, 15) is 4.79 Å². The second-order valence-electron chi connectivity index (χ2n) is 4.16. The third-order valence-corrected chi connectivity index (χ3v) is 2.89. The van der Waals surface area contributed by atoms with Crippen LogP contribution in [-0.2, 0) is 4.79 Å². The van der Waals surface area contributed by atoms with Crippen LogP contribution in [0.4, 0.5) is 5.69 Å². The minimum absolute atomic E-state index is 0.205. The van der Waals surface area contributed by atoms with Gasteiger partial charge >= 0.3 is 0 Å². The fourth-order valence-corrected chi connectivity index (χ4v) is 1.74. The van der Waals surface area contributed by atoms with Gasteiger partial charge in [-0.15, -0.1) is 0 Å². The number of carbonyl (C=O) groups is 1. The number of carbonyl (C=O) groups excluding carboxylic acids is 1. The number of ether oxygens (including phenoxy) is 1. The van der Waals surface area contributed by atoms with Crippen molar-refractivity contribution >= 4 is 11.6 Å². The van der Waals surface area contributed by atoms with E-state index in [1.165, 1.54) is 4.90 Å². The van der Waals surface area contributed by atoms with E-state index in [1.807, 2.05) is 38.1 Å². The quantitative estimate of drug-likeness (QED) is 0.820. The van der Waals surface area contributed by atoms with Gasteiger partial charge in [0.05, 0.1) is 18.9 Å². The Morgan fingerprint density at radius 1 is 1.56 bits per heavy atom. The van der Waals surface area contributed by atoms with Gasteiger partial charge in [-0.25, -0.2) is 0 Å². The molecule has 1 aromatic rings. The molecule has 96 valence electrons. The first-order valence-electron chi connectivity index (χ1n) is 5.87. The zero-order valence-corrected chi connectivity index (χ0v) is 11.2. The summed E-state index contributed by atoms with van der Waals surface area (Å²) in [4.78, 5) is 13.6. The molecule has 4 heteroatoms. The van der Waals surface area contributed by atoms with E-state index in [0.717, 1.165) is 5.56 Å². The summed E-state index contributed by atoms with van der Waals surface area (Å²) in [6, 6.07) is 7.64. The first-order valence-corrected chi connectivity index (χ1v) is 5.87. The lowest BCUT2D eigenvalue weighted by atomic mass is 10.1. The van der Waals surface area contributed by atoms with E-state index < -0.39 is 5.92 Å². The van der Waals surface area contributed by atoms with Gasteiger partial charge in [-0.1, -0.05) is 13.0 Å². The molecule has 18 heavy (non-hydrogen) atoms. The number of nitriles is 1. The highest BCUT2D eigenvalue weighted by Gasteiger charge is 2.23. The number of amides is 1. The molecule has 1 amide bonds. The van der Waals surface area contributed by atoms with Crippen LogP contribution in [0.15, 0.2) is 18.2 Å². The van der Waals surface area contributed by atoms with Crippen molar-refractivity contribution in [2.75, 3.05) is 19.1 Å². The van der Waals surface area contributed by atoms with E-state index in [-0.39, 0.29) is 5.91 Å². The smallest absolute Gasteiger partial charge is 0.244 e. The number of hydrogen-bond acceptors (Lipinski definition) is 3. The number of methoxy groups -OCH3 is 1. The van der Waals surface area contributed by atoms with Crippen LogP contribution in [0.5, 0.6) is 5.75 Å². The molecule has 1 rings (SSSR count). The molecule has 1 unspecified atom stereocenters. The minimum atomic E-state index is -0.611. The van der Waals surface area contributed by atoms with E-state index in [0.29, 0.717) is 17.9 Å². The molecule has 0 N–H and O–H groups in total. The Kier molecular flexibility index (Phi) is 4.73. The Hall–Kier alpha value is -2.02. The van der Waals surface area contributed by atoms with Gasteiger partial charge in [0.2, 0.25) is 5.91 Å². The van der Waals surface area contributed by atoms with Crippen molar-refractivity contribution in [3.05, 3.63) is 23.8 Å². The molecular formula is C14H18N2O2. The number of rotatable bonds is 4. The molecule has 0 aliphatic rings. The normalized spacial score (nSPS) is 11.5. The third kappa shape index (κ3) is 2.80. The van der Waals surface area contributed by atoms with Gasteiger partial charge in [-0.3, -0.25) is 4.79 Å². The number of aryl methyl sites for hydroxylation is 1. The van der Waals surface area contributed by atoms with Crippen LogP contribution in [0.2, 0.25) is 0 Å². The Morgan fingerprint density at radius 3 is 2.72 bits per heavy atom. The first-order chi connectivity index (χ1) is 8.54. The van der Waals surface area contributed by atoms with Gasteiger partial charge in [-0.05, 0) is 31.0 Å². The van der Waals surface area contributed by atoms with E-state index in [4.69, 9.17) is 10.00 Å². The molecule has 0 aliphatic heterocycles. The van der Waals surface area contributed by atoms with Crippen molar-refractivity contribution < 1.29 is 9.53 Å². The lowest BCUT2D eigenvalue weighted by Gasteiger charge is -2.22. The number of benzene rings is 1. The summed E-state index contributed by atoms with van der Waals surface area (Å²) < 4.78 is 5.24. The van der Waals surface area contributed by atoms with Crippen LogP contribution < -0.4 is 9.64 Å². The molecule has 0 aliphatic carbocycles. The molecule has 1 aromatic carbocycles. The molecule has 0 radical (unpaired) electrons. The average Bonchev–Trinajstić information content (AvgIpc) is 2.39. The summed E-state index contributed by atoms with van der Waals surface area (Å²) >= 11 is 0. The van der Waals surface area contributed by atoms with Crippen LogP contribution in [0, 0.1) is 24.2 Å². The van der Waals surface area contributed by atoms with Crippen molar-refractivity contribution in [3.8, 4) is 11.8 Å². The summed E-state index contributed by atoms with van der Waals surface area (Å²) in [5.41, 5.74) is 1.73. The van der Waals surface area contributed by atoms with Crippen LogP contribution in [0.1, 0.15) is 18.9 Å². The van der Waals surface area contributed by atoms with Crippen LogP contribution in [0.25, 0.3) is 0 Å². The highest BCUT2D eigenvalue weighted by molar-refractivity contribution is 5.97. The largest absolute Gasteiger partial charge is 0.495 e. The second kappa shape index (κ2) is 6.06. The standard InChI is InChI=1S/C14H18N2O2/c1-5-11(9-15)14(17)16(3)12-8-10(2)6-7-13(12)18-4/h6-8,11H,5H2,1-4H3. The van der Waals surface area contributed by atoms with Crippen molar-refractivity contribution in [1.82, 2.24) is 0 Å². The molecule has 4 nitrogen and oxygen atoms in total. The fourth-order valence-electron chi connectivity index (χ4n) is 1.74. The van der Waals surface area contributed by atoms with Gasteiger partial charge < -0.3 is 9.64 Å². The van der Waals surface area contributed by atoms with Gasteiger partial charge in [-0.2, -0.15) is 5.26 Å². The Labute approximate surface area is 108 Å². The maximum absolute atomic E-state index is 12.1. The molecular weight excluding hydrogens is 228 g/mol. The molecule has 1 atom stereocenters. The average molecular weight is 246 g/mol. The topological polar surface area (TPSA) is 53.3 Å². The first kappa shape index (κ1) is 14.0. The summed E-state index contributed by atoms with van der Waals surface area (Å²) in [6.45, 7) is 3.77. The third-order valence-electron chi connectivity index (χ3n) is 2.89. The van der Waals surface area contributed by atoms with Gasteiger partial charge in [0.25, 0.3) is 0 Å². The molecule has 0 saturated heterocycles. The van der Waals surface area contributed by atoms with Gasteiger partial charge in [0.1, 0.15) is 11.7 Å². The minimum Gasteiger partial charge on any atom is -0.495 e. The van der Waals surface area contributed by atoms with Crippen LogP contribution in [0.3, 0.4) is 0 Å². The van der Waals surface area contributed by atoms with E-state index in [1.54, 1.807) is 14.2 Å². The van der Waals surface area contributed by atoms with Crippen molar-refractivity contribution in [3.63, 3.8) is 0 Å². The predicted molar refractivity (Wildman–Crippen MR) is 70.5 cm³/mol. The van der Waals surface area contributed by atoms with E-state index >= 15 is 0 Å². The highest BCUT2D eigenvalue weighted by Crippen LogP contribution is 2.29. The Morgan fingerprint density at radius 2 is 2.22 bits per heavy atom. The van der Waals surface area contributed by atoms with Gasteiger partial charge in [0, 0.05) is 7.05 Å². The number of anilines is 1. The lowest BCUT2D eigenvalue weighted by molar-refractivity contribution is -0.120.